The van der Waals surface area contributed by atoms with Crippen LogP contribution in [0.5, 0.6) is 0 Å². The third-order valence-corrected chi connectivity index (χ3v) is 1.08. The summed E-state index contributed by atoms with van der Waals surface area (Å²) in [7, 11) is 0. The van der Waals surface area contributed by atoms with E-state index in [0.717, 1.165) is 0 Å². The average molecular weight is 203 g/mol. The smallest absolute Gasteiger partial charge is 0.431 e. The minimum absolute atomic E-state index is 0.585. The van der Waals surface area contributed by atoms with Crippen LogP contribution in [0.15, 0.2) is 0 Å². The highest BCUT2D eigenvalue weighted by Crippen LogP contribution is 2.07. The molecule has 0 fully saturated rings. The van der Waals surface area contributed by atoms with Crippen LogP contribution in [0.4, 0.5) is 4.79 Å². The Kier molecular flexibility index (Phi) is 4.07. The fourth-order valence-corrected chi connectivity index (χ4v) is 0.496. The lowest BCUT2D eigenvalue weighted by molar-refractivity contribution is -0.135. The van der Waals surface area contributed by atoms with Crippen LogP contribution in [0.25, 0.3) is 0 Å². The molecule has 0 radical (unpaired) electrons. The molecule has 0 heterocycles. The maximum absolute atomic E-state index is 11.0. The van der Waals surface area contributed by atoms with Crippen molar-refractivity contribution in [3.8, 4) is 0 Å². The Labute approximate surface area is 83.7 Å². The van der Waals surface area contributed by atoms with Gasteiger partial charge >= 0.3 is 6.09 Å². The van der Waals surface area contributed by atoms with Gasteiger partial charge < -0.3 is 9.53 Å². The molecule has 0 spiro atoms. The van der Waals surface area contributed by atoms with Crippen LogP contribution in [0.2, 0.25) is 0 Å². The summed E-state index contributed by atoms with van der Waals surface area (Å²) in [5, 5.41) is 0. The van der Waals surface area contributed by atoms with Crippen LogP contribution in [-0.2, 0) is 14.4 Å². The zero-order chi connectivity index (χ0) is 11.4. The summed E-state index contributed by atoms with van der Waals surface area (Å²) in [5.41, 5.74) is 0.409. The second kappa shape index (κ2) is 4.41. The lowest BCUT2D eigenvalue weighted by Crippen LogP contribution is -2.39. The Hall–Kier alpha value is -1.10. The van der Waals surface area contributed by atoms with E-state index in [1.165, 1.54) is 13.8 Å². The molecule has 5 nitrogen and oxygen atoms in total. The van der Waals surface area contributed by atoms with Crippen molar-refractivity contribution < 1.29 is 19.2 Å². The largest absolute Gasteiger partial charge is 0.442 e. The van der Waals surface area contributed by atoms with Crippen LogP contribution in [-0.4, -0.2) is 23.6 Å². The summed E-state index contributed by atoms with van der Waals surface area (Å²) in [6, 6.07) is 0. The summed E-state index contributed by atoms with van der Waals surface area (Å²) in [6.07, 6.45) is -0.128. The van der Waals surface area contributed by atoms with Crippen molar-refractivity contribution in [1.29, 1.82) is 0 Å². The van der Waals surface area contributed by atoms with Gasteiger partial charge in [0, 0.05) is 0 Å². The summed E-state index contributed by atoms with van der Waals surface area (Å²) >= 11 is 0. The van der Waals surface area contributed by atoms with Gasteiger partial charge in [-0.05, 0) is 34.6 Å². The summed E-state index contributed by atoms with van der Waals surface area (Å²) < 4.78 is 4.89. The Balaban J connectivity index is 3.93. The highest BCUT2D eigenvalue weighted by molar-refractivity contribution is 5.67. The fraction of sp³-hybridized carbons (Fsp3) is 0.778. The van der Waals surface area contributed by atoms with E-state index in [0.29, 0.717) is 6.29 Å². The number of carbonyl (C=O) groups excluding carboxylic acids is 2. The predicted octanol–water partition coefficient (Wildman–Crippen LogP) is 1.42. The van der Waals surface area contributed by atoms with Crippen LogP contribution in [0, 0.1) is 0 Å². The molecule has 0 atom stereocenters. The number of rotatable bonds is 3. The van der Waals surface area contributed by atoms with Gasteiger partial charge in [0.15, 0.2) is 6.29 Å². The van der Waals surface area contributed by atoms with Crippen molar-refractivity contribution in [2.75, 3.05) is 0 Å². The molecule has 0 aliphatic heterocycles. The van der Waals surface area contributed by atoms with Crippen LogP contribution in [0.3, 0.4) is 0 Å². The molecule has 0 rings (SSSR count). The van der Waals surface area contributed by atoms with E-state index >= 15 is 0 Å². The quantitative estimate of drug-likeness (QED) is 0.556. The maximum Gasteiger partial charge on any atom is 0.431 e. The van der Waals surface area contributed by atoms with Gasteiger partial charge in [-0.15, -0.1) is 0 Å². The maximum atomic E-state index is 11.0. The molecule has 0 aromatic heterocycles. The highest BCUT2D eigenvalue weighted by Gasteiger charge is 2.21. The molecular formula is C9H17NO4. The van der Waals surface area contributed by atoms with E-state index in [1.807, 2.05) is 5.48 Å². The summed E-state index contributed by atoms with van der Waals surface area (Å²) in [4.78, 5) is 26.2. The lowest BCUT2D eigenvalue weighted by atomic mass is 10.2. The Morgan fingerprint density at radius 2 is 1.71 bits per heavy atom. The number of aldehydes is 1. The zero-order valence-corrected chi connectivity index (χ0v) is 9.21. The SMILES string of the molecule is CC(C)(C)OC(=O)NOC(C)(C)C=O. The molecule has 0 aliphatic rings. The monoisotopic (exact) mass is 203 g/mol. The molecular weight excluding hydrogens is 186 g/mol. The fourth-order valence-electron chi connectivity index (χ4n) is 0.496. The van der Waals surface area contributed by atoms with Gasteiger partial charge in [0.25, 0.3) is 0 Å². The van der Waals surface area contributed by atoms with Gasteiger partial charge in [-0.25, -0.2) is 4.79 Å². The van der Waals surface area contributed by atoms with E-state index in [1.54, 1.807) is 20.8 Å². The first-order valence-electron chi connectivity index (χ1n) is 4.29. The molecule has 1 amide bonds. The van der Waals surface area contributed by atoms with Crippen molar-refractivity contribution in [3.05, 3.63) is 0 Å². The van der Waals surface area contributed by atoms with Crippen molar-refractivity contribution >= 4 is 12.4 Å². The molecule has 0 unspecified atom stereocenters. The van der Waals surface area contributed by atoms with Gasteiger partial charge in [-0.1, -0.05) is 0 Å². The molecule has 0 saturated heterocycles. The standard InChI is InChI=1S/C9H17NO4/c1-8(2,3)13-7(12)10-14-9(4,5)6-11/h6H,1-5H3,(H,10,12). The molecule has 0 aromatic carbocycles. The predicted molar refractivity (Wildman–Crippen MR) is 50.6 cm³/mol. The van der Waals surface area contributed by atoms with Crippen LogP contribution in [0.1, 0.15) is 34.6 Å². The summed E-state index contributed by atoms with van der Waals surface area (Å²) in [6.45, 7) is 8.25. The molecule has 1 N–H and O–H groups in total. The summed E-state index contributed by atoms with van der Waals surface area (Å²) in [5.74, 6) is 0. The normalized spacial score (nSPS) is 12.1. The third-order valence-electron chi connectivity index (χ3n) is 1.08. The Bertz CT molecular complexity index is 217. The molecule has 0 aliphatic carbocycles. The molecule has 14 heavy (non-hydrogen) atoms. The molecule has 0 saturated carbocycles. The number of ether oxygens (including phenoxy) is 1. The number of carbonyl (C=O) groups is 2. The highest BCUT2D eigenvalue weighted by atomic mass is 16.7. The Morgan fingerprint density at radius 1 is 1.21 bits per heavy atom. The number of amides is 1. The second-order valence-corrected chi connectivity index (χ2v) is 4.43. The van der Waals surface area contributed by atoms with Gasteiger partial charge in [0.1, 0.15) is 11.2 Å². The van der Waals surface area contributed by atoms with Crippen molar-refractivity contribution in [1.82, 2.24) is 5.48 Å². The van der Waals surface area contributed by atoms with Crippen LogP contribution >= 0.6 is 0 Å². The van der Waals surface area contributed by atoms with E-state index < -0.39 is 17.3 Å². The number of hydrogen-bond acceptors (Lipinski definition) is 4. The van der Waals surface area contributed by atoms with Crippen molar-refractivity contribution in [2.24, 2.45) is 0 Å². The second-order valence-electron chi connectivity index (χ2n) is 4.43. The molecule has 82 valence electrons. The number of nitrogens with one attached hydrogen (secondary N) is 1. The van der Waals surface area contributed by atoms with Crippen molar-refractivity contribution in [2.45, 2.75) is 45.8 Å². The molecule has 0 bridgehead atoms. The van der Waals surface area contributed by atoms with E-state index in [9.17, 15) is 9.59 Å². The number of hydrogen-bond donors (Lipinski definition) is 1. The first-order chi connectivity index (χ1) is 6.16. The minimum Gasteiger partial charge on any atom is -0.442 e. The first-order valence-corrected chi connectivity index (χ1v) is 4.29. The third kappa shape index (κ3) is 6.42. The lowest BCUT2D eigenvalue weighted by Gasteiger charge is -2.22. The molecule has 0 aromatic rings. The van der Waals surface area contributed by atoms with Gasteiger partial charge in [-0.2, -0.15) is 5.48 Å². The van der Waals surface area contributed by atoms with Gasteiger partial charge in [-0.3, -0.25) is 4.84 Å². The van der Waals surface area contributed by atoms with Crippen molar-refractivity contribution in [3.63, 3.8) is 0 Å². The van der Waals surface area contributed by atoms with Gasteiger partial charge in [0.2, 0.25) is 0 Å². The molecule has 5 heteroatoms. The van der Waals surface area contributed by atoms with E-state index in [2.05, 4.69) is 0 Å². The average Bonchev–Trinajstić information content (AvgIpc) is 1.98. The van der Waals surface area contributed by atoms with Gasteiger partial charge in [0.05, 0.1) is 0 Å². The van der Waals surface area contributed by atoms with Crippen LogP contribution < -0.4 is 5.48 Å². The Morgan fingerprint density at radius 3 is 2.07 bits per heavy atom. The topological polar surface area (TPSA) is 64.6 Å². The first kappa shape index (κ1) is 12.9. The minimum atomic E-state index is -1.04. The zero-order valence-electron chi connectivity index (χ0n) is 9.21. The van der Waals surface area contributed by atoms with E-state index in [4.69, 9.17) is 9.57 Å². The number of hydroxylamine groups is 1. The van der Waals surface area contributed by atoms with E-state index in [-0.39, 0.29) is 0 Å².